The van der Waals surface area contributed by atoms with Crippen LogP contribution in [-0.2, 0) is 6.42 Å². The van der Waals surface area contributed by atoms with E-state index in [1.54, 1.807) is 0 Å². The van der Waals surface area contributed by atoms with Crippen LogP contribution in [0.15, 0.2) is 53.0 Å². The zero-order chi connectivity index (χ0) is 13.9. The van der Waals surface area contributed by atoms with Crippen LogP contribution in [0, 0.1) is 0 Å². The standard InChI is InChI=1S/C17H17BrO2/c18-14-5-1-12(2-6-14)11-17(19)13-3-7-15(8-4-13)20-16-9-10-16/h1-8,16-17,19H,9-11H2. The van der Waals surface area contributed by atoms with Crippen LogP contribution in [0.5, 0.6) is 5.75 Å². The maximum Gasteiger partial charge on any atom is 0.119 e. The lowest BCUT2D eigenvalue weighted by Gasteiger charge is -2.12. The molecule has 1 aliphatic rings. The van der Waals surface area contributed by atoms with Crippen LogP contribution >= 0.6 is 15.9 Å². The molecule has 1 aliphatic carbocycles. The van der Waals surface area contributed by atoms with E-state index in [1.165, 1.54) is 0 Å². The number of benzene rings is 2. The van der Waals surface area contributed by atoms with Crippen molar-refractivity contribution in [2.45, 2.75) is 31.5 Å². The summed E-state index contributed by atoms with van der Waals surface area (Å²) in [5.74, 6) is 0.895. The number of aliphatic hydroxyl groups is 1. The quantitative estimate of drug-likeness (QED) is 0.886. The van der Waals surface area contributed by atoms with Crippen LogP contribution in [0.2, 0.25) is 0 Å². The van der Waals surface area contributed by atoms with Gasteiger partial charge in [-0.05, 0) is 48.2 Å². The second-order valence-electron chi connectivity index (χ2n) is 5.23. The molecule has 0 heterocycles. The summed E-state index contributed by atoms with van der Waals surface area (Å²) in [7, 11) is 0. The van der Waals surface area contributed by atoms with Crippen LogP contribution in [0.1, 0.15) is 30.1 Å². The van der Waals surface area contributed by atoms with Gasteiger partial charge in [-0.25, -0.2) is 0 Å². The molecule has 0 amide bonds. The largest absolute Gasteiger partial charge is 0.490 e. The first-order chi connectivity index (χ1) is 9.70. The van der Waals surface area contributed by atoms with E-state index >= 15 is 0 Å². The Hall–Kier alpha value is -1.32. The minimum Gasteiger partial charge on any atom is -0.490 e. The molecule has 3 rings (SSSR count). The van der Waals surface area contributed by atoms with Gasteiger partial charge in [-0.3, -0.25) is 0 Å². The van der Waals surface area contributed by atoms with Crippen molar-refractivity contribution in [3.8, 4) is 5.75 Å². The normalized spacial score (nSPS) is 15.9. The zero-order valence-electron chi connectivity index (χ0n) is 11.1. The highest BCUT2D eigenvalue weighted by atomic mass is 79.9. The average Bonchev–Trinajstić information content (AvgIpc) is 3.26. The highest BCUT2D eigenvalue weighted by Crippen LogP contribution is 2.28. The number of aliphatic hydroxyl groups excluding tert-OH is 1. The molecule has 1 N–H and O–H groups in total. The molecule has 0 saturated heterocycles. The molecule has 1 fully saturated rings. The molecule has 2 aromatic carbocycles. The van der Waals surface area contributed by atoms with E-state index in [0.717, 1.165) is 34.2 Å². The van der Waals surface area contributed by atoms with Gasteiger partial charge in [-0.2, -0.15) is 0 Å². The summed E-state index contributed by atoms with van der Waals surface area (Å²) in [5, 5.41) is 10.3. The summed E-state index contributed by atoms with van der Waals surface area (Å²) in [5.41, 5.74) is 2.05. The van der Waals surface area contributed by atoms with E-state index in [0.29, 0.717) is 12.5 Å². The third-order valence-electron chi connectivity index (χ3n) is 3.43. The molecule has 0 spiro atoms. The van der Waals surface area contributed by atoms with Gasteiger partial charge in [0, 0.05) is 10.9 Å². The lowest BCUT2D eigenvalue weighted by atomic mass is 10.0. The van der Waals surface area contributed by atoms with Gasteiger partial charge in [-0.1, -0.05) is 40.2 Å². The average molecular weight is 333 g/mol. The lowest BCUT2D eigenvalue weighted by Crippen LogP contribution is -2.02. The van der Waals surface area contributed by atoms with Crippen LogP contribution in [0.4, 0.5) is 0 Å². The Balaban J connectivity index is 1.63. The number of rotatable bonds is 5. The summed E-state index contributed by atoms with van der Waals surface area (Å²) in [6, 6.07) is 15.8. The first-order valence-corrected chi connectivity index (χ1v) is 7.69. The number of hydrogen-bond acceptors (Lipinski definition) is 2. The second-order valence-corrected chi connectivity index (χ2v) is 6.15. The Bertz CT molecular complexity index is 559. The number of ether oxygens (including phenoxy) is 1. The van der Waals surface area contributed by atoms with Gasteiger partial charge in [0.05, 0.1) is 12.2 Å². The van der Waals surface area contributed by atoms with E-state index < -0.39 is 6.10 Å². The first kappa shape index (κ1) is 13.7. The van der Waals surface area contributed by atoms with Gasteiger partial charge < -0.3 is 9.84 Å². The van der Waals surface area contributed by atoms with E-state index in [4.69, 9.17) is 4.74 Å². The van der Waals surface area contributed by atoms with E-state index in [1.807, 2.05) is 48.5 Å². The summed E-state index contributed by atoms with van der Waals surface area (Å²) < 4.78 is 6.76. The fourth-order valence-electron chi connectivity index (χ4n) is 2.11. The molecule has 104 valence electrons. The smallest absolute Gasteiger partial charge is 0.119 e. The van der Waals surface area contributed by atoms with Gasteiger partial charge >= 0.3 is 0 Å². The van der Waals surface area contributed by atoms with E-state index in [2.05, 4.69) is 15.9 Å². The van der Waals surface area contributed by atoms with Crippen molar-refractivity contribution in [3.63, 3.8) is 0 Å². The van der Waals surface area contributed by atoms with Crippen LogP contribution in [0.25, 0.3) is 0 Å². The molecule has 0 bridgehead atoms. The molecule has 2 aromatic rings. The SMILES string of the molecule is OC(Cc1ccc(Br)cc1)c1ccc(OC2CC2)cc1. The molecule has 3 heteroatoms. The van der Waals surface area contributed by atoms with Crippen molar-refractivity contribution in [2.75, 3.05) is 0 Å². The zero-order valence-corrected chi connectivity index (χ0v) is 12.7. The van der Waals surface area contributed by atoms with Crippen molar-refractivity contribution in [1.82, 2.24) is 0 Å². The van der Waals surface area contributed by atoms with Gasteiger partial charge in [0.1, 0.15) is 5.75 Å². The van der Waals surface area contributed by atoms with Crippen LogP contribution in [-0.4, -0.2) is 11.2 Å². The molecule has 2 nitrogen and oxygen atoms in total. The van der Waals surface area contributed by atoms with Gasteiger partial charge in [-0.15, -0.1) is 0 Å². The molecule has 20 heavy (non-hydrogen) atoms. The maximum absolute atomic E-state index is 10.3. The van der Waals surface area contributed by atoms with Crippen LogP contribution < -0.4 is 4.74 Å². The molecule has 1 unspecified atom stereocenters. The molecule has 0 aliphatic heterocycles. The molecular formula is C17H17BrO2. The fourth-order valence-corrected chi connectivity index (χ4v) is 2.37. The van der Waals surface area contributed by atoms with Crippen molar-refractivity contribution in [3.05, 3.63) is 64.1 Å². The van der Waals surface area contributed by atoms with Crippen molar-refractivity contribution >= 4 is 15.9 Å². The lowest BCUT2D eigenvalue weighted by molar-refractivity contribution is 0.178. The molecule has 0 aromatic heterocycles. The summed E-state index contributed by atoms with van der Waals surface area (Å²) in [6.07, 6.45) is 2.87. The predicted octanol–water partition coefficient (Wildman–Crippen LogP) is 4.27. The molecular weight excluding hydrogens is 316 g/mol. The third kappa shape index (κ3) is 3.62. The number of halogens is 1. The monoisotopic (exact) mass is 332 g/mol. The van der Waals surface area contributed by atoms with Crippen LogP contribution in [0.3, 0.4) is 0 Å². The first-order valence-electron chi connectivity index (χ1n) is 6.90. The third-order valence-corrected chi connectivity index (χ3v) is 3.96. The molecule has 1 saturated carbocycles. The van der Waals surface area contributed by atoms with Crippen molar-refractivity contribution in [1.29, 1.82) is 0 Å². The van der Waals surface area contributed by atoms with Gasteiger partial charge in [0.15, 0.2) is 0 Å². The minimum atomic E-state index is -0.480. The second kappa shape index (κ2) is 5.98. The van der Waals surface area contributed by atoms with Crippen molar-refractivity contribution < 1.29 is 9.84 Å². The van der Waals surface area contributed by atoms with Gasteiger partial charge in [0.25, 0.3) is 0 Å². The highest BCUT2D eigenvalue weighted by molar-refractivity contribution is 9.10. The highest BCUT2D eigenvalue weighted by Gasteiger charge is 2.23. The summed E-state index contributed by atoms with van der Waals surface area (Å²) in [6.45, 7) is 0. The molecule has 0 radical (unpaired) electrons. The topological polar surface area (TPSA) is 29.5 Å². The Kier molecular flexibility index (Phi) is 4.08. The summed E-state index contributed by atoms with van der Waals surface area (Å²) in [4.78, 5) is 0. The maximum atomic E-state index is 10.3. The fraction of sp³-hybridized carbons (Fsp3) is 0.294. The number of hydrogen-bond donors (Lipinski definition) is 1. The van der Waals surface area contributed by atoms with E-state index in [9.17, 15) is 5.11 Å². The van der Waals surface area contributed by atoms with Crippen molar-refractivity contribution in [2.24, 2.45) is 0 Å². The minimum absolute atomic E-state index is 0.411. The van der Waals surface area contributed by atoms with E-state index in [-0.39, 0.29) is 0 Å². The Morgan fingerprint density at radius 3 is 2.30 bits per heavy atom. The Morgan fingerprint density at radius 1 is 1.05 bits per heavy atom. The Morgan fingerprint density at radius 2 is 1.70 bits per heavy atom. The summed E-state index contributed by atoms with van der Waals surface area (Å²) >= 11 is 3.41. The molecule has 1 atom stereocenters. The van der Waals surface area contributed by atoms with Gasteiger partial charge in [0.2, 0.25) is 0 Å². The Labute approximate surface area is 127 Å². The predicted molar refractivity (Wildman–Crippen MR) is 82.9 cm³/mol.